The van der Waals surface area contributed by atoms with Crippen molar-refractivity contribution in [1.29, 1.82) is 0 Å². The van der Waals surface area contributed by atoms with Gasteiger partial charge in [0.15, 0.2) is 0 Å². The Hall–Kier alpha value is -3.53. The normalized spacial score (nSPS) is 16.1. The van der Waals surface area contributed by atoms with Crippen LogP contribution in [0, 0.1) is 17.2 Å². The second-order valence-electron chi connectivity index (χ2n) is 14.5. The van der Waals surface area contributed by atoms with E-state index in [0.717, 1.165) is 41.0 Å². The Balaban J connectivity index is 1.95. The van der Waals surface area contributed by atoms with E-state index in [-0.39, 0.29) is 45.3 Å². The lowest BCUT2D eigenvalue weighted by atomic mass is 9.77. The number of hydrogen-bond donors (Lipinski definition) is 3. The molecule has 1 aliphatic carbocycles. The number of halogens is 1. The van der Waals surface area contributed by atoms with Gasteiger partial charge in [0.05, 0.1) is 19.8 Å². The average molecular weight is 708 g/mol. The number of benzene rings is 2. The van der Waals surface area contributed by atoms with Crippen LogP contribution in [0.3, 0.4) is 0 Å². The first-order valence-corrected chi connectivity index (χ1v) is 18.8. The number of carbonyl (C=O) groups excluding carboxylic acids is 2. The SMILES string of the molecule is C=C(C)C(=O)OCCCc1cc(-c2ccc(C3CCC(CCCCC)CC3)cc2F)cc(CCCOC(=O)C(=C)C)c1OCC(CN)(CN)CN. The van der Waals surface area contributed by atoms with E-state index in [1.165, 1.54) is 38.5 Å². The minimum atomic E-state index is -0.627. The molecule has 51 heavy (non-hydrogen) atoms. The number of esters is 2. The molecule has 282 valence electrons. The summed E-state index contributed by atoms with van der Waals surface area (Å²) in [6.45, 7) is 14.1. The summed E-state index contributed by atoms with van der Waals surface area (Å²) in [7, 11) is 0. The van der Waals surface area contributed by atoms with Gasteiger partial charge in [-0.1, -0.05) is 57.9 Å². The molecule has 0 aliphatic heterocycles. The van der Waals surface area contributed by atoms with Crippen LogP contribution in [-0.4, -0.2) is 51.4 Å². The Morgan fingerprint density at radius 3 is 1.84 bits per heavy atom. The lowest BCUT2D eigenvalue weighted by Crippen LogP contribution is -2.48. The first-order valence-electron chi connectivity index (χ1n) is 18.8. The van der Waals surface area contributed by atoms with Crippen molar-refractivity contribution >= 4 is 11.9 Å². The highest BCUT2D eigenvalue weighted by Gasteiger charge is 2.28. The van der Waals surface area contributed by atoms with E-state index in [1.54, 1.807) is 19.9 Å². The van der Waals surface area contributed by atoms with Crippen molar-refractivity contribution in [2.45, 2.75) is 104 Å². The highest BCUT2D eigenvalue weighted by atomic mass is 19.1. The molecule has 0 spiro atoms. The van der Waals surface area contributed by atoms with Gasteiger partial charge in [-0.15, -0.1) is 0 Å². The highest BCUT2D eigenvalue weighted by Crippen LogP contribution is 2.40. The minimum absolute atomic E-state index is 0.184. The fraction of sp³-hybridized carbons (Fsp3) is 0.571. The molecule has 0 radical (unpaired) electrons. The van der Waals surface area contributed by atoms with Crippen molar-refractivity contribution < 1.29 is 28.2 Å². The molecule has 0 bridgehead atoms. The van der Waals surface area contributed by atoms with Gasteiger partial charge in [-0.2, -0.15) is 0 Å². The summed E-state index contributed by atoms with van der Waals surface area (Å²) in [6.07, 6.45) is 11.7. The fourth-order valence-corrected chi connectivity index (χ4v) is 6.71. The number of hydrogen-bond acceptors (Lipinski definition) is 8. The molecular weight excluding hydrogens is 645 g/mol. The van der Waals surface area contributed by atoms with E-state index < -0.39 is 17.4 Å². The molecule has 1 aliphatic rings. The Morgan fingerprint density at radius 2 is 1.37 bits per heavy atom. The van der Waals surface area contributed by atoms with Gasteiger partial charge >= 0.3 is 11.9 Å². The third kappa shape index (κ3) is 12.6. The molecule has 2 aromatic rings. The van der Waals surface area contributed by atoms with Gasteiger partial charge in [-0.05, 0) is 118 Å². The van der Waals surface area contributed by atoms with E-state index in [1.807, 2.05) is 18.2 Å². The standard InChI is InChI=1S/C42H62FN3O5/c1-6-7-8-11-31-14-16-32(17-15-31)33-18-19-37(38(43)24-33)36-22-34(12-9-20-49-40(47)29(2)3)39(51-28-42(25-44,26-45)27-46)35(23-36)13-10-21-50-41(48)30(4)5/h18-19,22-24,31-32H,2,4,6-17,20-21,25-28,44-46H2,1,3,5H3. The van der Waals surface area contributed by atoms with Crippen LogP contribution in [0.15, 0.2) is 54.6 Å². The van der Waals surface area contributed by atoms with Crippen molar-refractivity contribution in [3.8, 4) is 16.9 Å². The quantitative estimate of drug-likeness (QED) is 0.0643. The maximum atomic E-state index is 16.1. The maximum absolute atomic E-state index is 16.1. The zero-order valence-corrected chi connectivity index (χ0v) is 31.3. The van der Waals surface area contributed by atoms with Gasteiger partial charge in [0.2, 0.25) is 0 Å². The molecule has 6 N–H and O–H groups in total. The third-order valence-electron chi connectivity index (χ3n) is 10.2. The van der Waals surface area contributed by atoms with Crippen LogP contribution in [0.2, 0.25) is 0 Å². The number of ether oxygens (including phenoxy) is 3. The largest absolute Gasteiger partial charge is 0.492 e. The van der Waals surface area contributed by atoms with Crippen LogP contribution in [-0.2, 0) is 31.9 Å². The highest BCUT2D eigenvalue weighted by molar-refractivity contribution is 5.87. The van der Waals surface area contributed by atoms with Crippen LogP contribution in [0.5, 0.6) is 5.75 Å². The van der Waals surface area contributed by atoms with Gasteiger partial charge in [0.25, 0.3) is 0 Å². The summed E-state index contributed by atoms with van der Waals surface area (Å²) < 4.78 is 33.4. The molecule has 8 nitrogen and oxygen atoms in total. The number of rotatable bonds is 22. The van der Waals surface area contributed by atoms with E-state index in [9.17, 15) is 9.59 Å². The van der Waals surface area contributed by atoms with Gasteiger partial charge in [0.1, 0.15) is 11.6 Å². The maximum Gasteiger partial charge on any atom is 0.333 e. The number of unbranched alkanes of at least 4 members (excludes halogenated alkanes) is 2. The predicted molar refractivity (Wildman–Crippen MR) is 204 cm³/mol. The van der Waals surface area contributed by atoms with Gasteiger partial charge < -0.3 is 31.4 Å². The number of aryl methyl sites for hydroxylation is 2. The fourth-order valence-electron chi connectivity index (χ4n) is 6.71. The topological polar surface area (TPSA) is 140 Å². The zero-order valence-electron chi connectivity index (χ0n) is 31.3. The van der Waals surface area contributed by atoms with Crippen LogP contribution in [0.25, 0.3) is 11.1 Å². The molecule has 0 aromatic heterocycles. The summed E-state index contributed by atoms with van der Waals surface area (Å²) in [4.78, 5) is 24.1. The first kappa shape index (κ1) is 41.9. The number of carbonyl (C=O) groups is 2. The monoisotopic (exact) mass is 707 g/mol. The Labute approximate surface area is 305 Å². The van der Waals surface area contributed by atoms with Crippen LogP contribution < -0.4 is 21.9 Å². The summed E-state index contributed by atoms with van der Waals surface area (Å²) >= 11 is 0. The second-order valence-corrected chi connectivity index (χ2v) is 14.5. The smallest absolute Gasteiger partial charge is 0.333 e. The van der Waals surface area contributed by atoms with E-state index >= 15 is 4.39 Å². The van der Waals surface area contributed by atoms with Crippen molar-refractivity contribution in [2.75, 3.05) is 39.5 Å². The summed E-state index contributed by atoms with van der Waals surface area (Å²) in [5.41, 5.74) is 22.3. The molecule has 0 saturated heterocycles. The van der Waals surface area contributed by atoms with Crippen molar-refractivity contribution in [2.24, 2.45) is 28.5 Å². The molecule has 0 unspecified atom stereocenters. The summed E-state index contributed by atoms with van der Waals surface area (Å²) in [5, 5.41) is 0. The Morgan fingerprint density at radius 1 is 0.824 bits per heavy atom. The Bertz CT molecular complexity index is 1400. The first-order chi connectivity index (χ1) is 24.5. The molecule has 1 fully saturated rings. The molecule has 0 amide bonds. The zero-order chi connectivity index (χ0) is 37.4. The average Bonchev–Trinajstić information content (AvgIpc) is 3.13. The van der Waals surface area contributed by atoms with E-state index in [2.05, 4.69) is 26.1 Å². The molecule has 9 heteroatoms. The predicted octanol–water partition coefficient (Wildman–Crippen LogP) is 7.69. The molecular formula is C42H62FN3O5. The molecule has 2 aromatic carbocycles. The molecule has 3 rings (SSSR count). The van der Waals surface area contributed by atoms with Crippen molar-refractivity contribution in [3.63, 3.8) is 0 Å². The van der Waals surface area contributed by atoms with Gasteiger partial charge in [-0.25, -0.2) is 14.0 Å². The lowest BCUT2D eigenvalue weighted by molar-refractivity contribution is -0.139. The summed E-state index contributed by atoms with van der Waals surface area (Å²) in [6, 6.07) is 9.60. The summed E-state index contributed by atoms with van der Waals surface area (Å²) in [5.74, 6) is 0.625. The van der Waals surface area contributed by atoms with Crippen molar-refractivity contribution in [3.05, 3.63) is 77.1 Å². The second kappa shape index (κ2) is 21.1. The Kier molecular flexibility index (Phi) is 17.3. The van der Waals surface area contributed by atoms with Crippen LogP contribution in [0.1, 0.15) is 108 Å². The van der Waals surface area contributed by atoms with Gasteiger partial charge in [-0.3, -0.25) is 0 Å². The van der Waals surface area contributed by atoms with E-state index in [0.29, 0.717) is 54.1 Å². The van der Waals surface area contributed by atoms with Crippen LogP contribution >= 0.6 is 0 Å². The van der Waals surface area contributed by atoms with Crippen molar-refractivity contribution in [1.82, 2.24) is 0 Å². The minimum Gasteiger partial charge on any atom is -0.492 e. The number of nitrogens with two attached hydrogens (primary N) is 3. The van der Waals surface area contributed by atoms with E-state index in [4.69, 9.17) is 31.4 Å². The van der Waals surface area contributed by atoms with Crippen LogP contribution in [0.4, 0.5) is 4.39 Å². The molecule has 0 heterocycles. The van der Waals surface area contributed by atoms with Gasteiger partial charge in [0, 0.05) is 41.8 Å². The lowest BCUT2D eigenvalue weighted by Gasteiger charge is -2.30. The third-order valence-corrected chi connectivity index (χ3v) is 10.2. The molecule has 0 atom stereocenters. The molecule has 1 saturated carbocycles.